The van der Waals surface area contributed by atoms with Crippen molar-refractivity contribution in [1.82, 2.24) is 4.90 Å². The first-order valence-electron chi connectivity index (χ1n) is 9.34. The van der Waals surface area contributed by atoms with Crippen LogP contribution in [0.2, 0.25) is 0 Å². The number of benzene rings is 2. The fourth-order valence-corrected chi connectivity index (χ4v) is 4.97. The molecule has 146 valence electrons. The van der Waals surface area contributed by atoms with Crippen molar-refractivity contribution in [3.63, 3.8) is 0 Å². The molecule has 5 nitrogen and oxygen atoms in total. The van der Waals surface area contributed by atoms with Gasteiger partial charge in [-0.1, -0.05) is 42.5 Å². The smallest absolute Gasteiger partial charge is 0.155 e. The molecule has 0 unspecified atom stereocenters. The minimum atomic E-state index is -3.23. The van der Waals surface area contributed by atoms with Crippen molar-refractivity contribution >= 4 is 9.84 Å². The van der Waals surface area contributed by atoms with Crippen LogP contribution >= 0.6 is 0 Å². The quantitative estimate of drug-likeness (QED) is 0.759. The number of hydrogen-bond acceptors (Lipinski definition) is 5. The minimum Gasteiger partial charge on any atom is -0.508 e. The summed E-state index contributed by atoms with van der Waals surface area (Å²) in [6, 6.07) is 16.4. The zero-order valence-electron chi connectivity index (χ0n) is 15.4. The average molecular weight is 390 g/mol. The van der Waals surface area contributed by atoms with Crippen LogP contribution in [-0.2, 0) is 22.0 Å². The molecule has 0 amide bonds. The lowest BCUT2D eigenvalue weighted by Crippen LogP contribution is -2.46. The summed E-state index contributed by atoms with van der Waals surface area (Å²) in [7, 11) is -3.23. The van der Waals surface area contributed by atoms with Gasteiger partial charge in [0.25, 0.3) is 0 Å². The second-order valence-corrected chi connectivity index (χ2v) is 9.55. The number of aliphatic hydroxyl groups excluding tert-OH is 1. The van der Waals surface area contributed by atoms with Crippen molar-refractivity contribution in [3.05, 3.63) is 65.7 Å². The van der Waals surface area contributed by atoms with E-state index in [4.69, 9.17) is 0 Å². The Morgan fingerprint density at radius 3 is 2.37 bits per heavy atom. The predicted octanol–water partition coefficient (Wildman–Crippen LogP) is 2.23. The van der Waals surface area contributed by atoms with E-state index < -0.39 is 15.9 Å². The number of phenolic OH excluding ortho intramolecular Hbond substituents is 1. The lowest BCUT2D eigenvalue weighted by molar-refractivity contribution is 0.0245. The summed E-state index contributed by atoms with van der Waals surface area (Å²) in [5.74, 6) is 0.394. The molecule has 0 aromatic heterocycles. The lowest BCUT2D eigenvalue weighted by atomic mass is 9.88. The lowest BCUT2D eigenvalue weighted by Gasteiger charge is -2.36. The van der Waals surface area contributed by atoms with Crippen molar-refractivity contribution in [2.45, 2.75) is 24.7 Å². The topological polar surface area (TPSA) is 77.8 Å². The van der Waals surface area contributed by atoms with Crippen molar-refractivity contribution in [2.75, 3.05) is 25.4 Å². The Kier molecular flexibility index (Phi) is 6.52. The van der Waals surface area contributed by atoms with Gasteiger partial charge < -0.3 is 10.2 Å². The molecule has 27 heavy (non-hydrogen) atoms. The number of piperidine rings is 1. The summed E-state index contributed by atoms with van der Waals surface area (Å²) in [5, 5.41) is 19.8. The minimum absolute atomic E-state index is 0.0275. The Balaban J connectivity index is 1.47. The van der Waals surface area contributed by atoms with E-state index in [-0.39, 0.29) is 23.2 Å². The monoisotopic (exact) mass is 389 g/mol. The Hall–Kier alpha value is -1.89. The van der Waals surface area contributed by atoms with Crippen molar-refractivity contribution in [2.24, 2.45) is 5.92 Å². The molecular weight excluding hydrogens is 362 g/mol. The molecule has 0 aliphatic carbocycles. The molecule has 2 aromatic rings. The van der Waals surface area contributed by atoms with Gasteiger partial charge in [0.05, 0.1) is 17.6 Å². The van der Waals surface area contributed by atoms with Crippen LogP contribution < -0.4 is 0 Å². The Labute approximate surface area is 161 Å². The van der Waals surface area contributed by atoms with Crippen LogP contribution in [0.4, 0.5) is 0 Å². The molecule has 1 heterocycles. The highest BCUT2D eigenvalue weighted by Crippen LogP contribution is 2.22. The second kappa shape index (κ2) is 8.87. The molecule has 1 aliphatic rings. The predicted molar refractivity (Wildman–Crippen MR) is 106 cm³/mol. The van der Waals surface area contributed by atoms with Crippen LogP contribution in [0.15, 0.2) is 54.6 Å². The summed E-state index contributed by atoms with van der Waals surface area (Å²) >= 11 is 0. The highest BCUT2D eigenvalue weighted by Gasteiger charge is 2.28. The molecule has 2 N–H and O–H groups in total. The van der Waals surface area contributed by atoms with E-state index in [0.717, 1.165) is 19.4 Å². The van der Waals surface area contributed by atoms with Gasteiger partial charge in [0.1, 0.15) is 5.75 Å². The first kappa shape index (κ1) is 19.9. The average Bonchev–Trinajstić information content (AvgIpc) is 2.65. The highest BCUT2D eigenvalue weighted by molar-refractivity contribution is 7.90. The van der Waals surface area contributed by atoms with E-state index >= 15 is 0 Å². The molecule has 0 radical (unpaired) electrons. The summed E-state index contributed by atoms with van der Waals surface area (Å²) in [5.41, 5.74) is 1.90. The van der Waals surface area contributed by atoms with Crippen LogP contribution in [-0.4, -0.2) is 55.0 Å². The third kappa shape index (κ3) is 6.06. The van der Waals surface area contributed by atoms with E-state index in [2.05, 4.69) is 12.1 Å². The summed E-state index contributed by atoms with van der Waals surface area (Å²) in [6.45, 7) is 1.77. The van der Waals surface area contributed by atoms with Gasteiger partial charge in [-0.3, -0.25) is 4.90 Å². The van der Waals surface area contributed by atoms with Crippen molar-refractivity contribution in [3.8, 4) is 5.75 Å². The van der Waals surface area contributed by atoms with E-state index in [0.29, 0.717) is 18.7 Å². The third-order valence-corrected chi connectivity index (χ3v) is 6.77. The first-order chi connectivity index (χ1) is 12.9. The second-order valence-electron chi connectivity index (χ2n) is 7.36. The van der Waals surface area contributed by atoms with Gasteiger partial charge in [0.15, 0.2) is 9.84 Å². The number of sulfone groups is 1. The van der Waals surface area contributed by atoms with E-state index in [1.54, 1.807) is 12.1 Å². The number of likely N-dealkylation sites (tertiary alicyclic amines) is 1. The third-order valence-electron chi connectivity index (χ3n) is 5.19. The van der Waals surface area contributed by atoms with E-state index in [1.807, 2.05) is 23.1 Å². The molecule has 2 aromatic carbocycles. The molecule has 0 bridgehead atoms. The number of nitrogens with zero attached hydrogens (tertiary/aromatic N) is 1. The SMILES string of the molecule is O=S(=O)(CCN1CC[C@H](Cc2ccccc2)[C@H](O)C1)Cc1ccc(O)cc1. The fraction of sp³-hybridized carbons (Fsp3) is 0.429. The van der Waals surface area contributed by atoms with Crippen LogP contribution in [0.1, 0.15) is 17.5 Å². The Morgan fingerprint density at radius 2 is 1.70 bits per heavy atom. The van der Waals surface area contributed by atoms with Crippen LogP contribution in [0.25, 0.3) is 0 Å². The first-order valence-corrected chi connectivity index (χ1v) is 11.2. The highest BCUT2D eigenvalue weighted by atomic mass is 32.2. The molecule has 1 saturated heterocycles. The standard InChI is InChI=1S/C21H27NO4S/c23-20-8-6-18(7-9-20)16-27(25,26)13-12-22-11-10-19(21(24)15-22)14-17-4-2-1-3-5-17/h1-9,19,21,23-24H,10-16H2/t19-,21-/m1/s1. The maximum Gasteiger partial charge on any atom is 0.155 e. The fourth-order valence-electron chi connectivity index (χ4n) is 3.59. The summed E-state index contributed by atoms with van der Waals surface area (Å²) < 4.78 is 24.7. The molecule has 6 heteroatoms. The Morgan fingerprint density at radius 1 is 1.00 bits per heavy atom. The number of phenols is 1. The zero-order chi connectivity index (χ0) is 19.3. The number of β-amino-alcohol motifs (C(OH)–C–C–N with tert-alkyl or cyclic N) is 1. The van der Waals surface area contributed by atoms with E-state index in [1.165, 1.54) is 17.7 Å². The maximum atomic E-state index is 12.4. The van der Waals surface area contributed by atoms with Crippen molar-refractivity contribution in [1.29, 1.82) is 0 Å². The van der Waals surface area contributed by atoms with E-state index in [9.17, 15) is 18.6 Å². The number of rotatable bonds is 7. The van der Waals surface area contributed by atoms with Crippen LogP contribution in [0.3, 0.4) is 0 Å². The number of aromatic hydroxyl groups is 1. The van der Waals surface area contributed by atoms with Gasteiger partial charge in [-0.05, 0) is 48.6 Å². The van der Waals surface area contributed by atoms with Gasteiger partial charge >= 0.3 is 0 Å². The molecule has 1 aliphatic heterocycles. The van der Waals surface area contributed by atoms with Gasteiger partial charge in [-0.25, -0.2) is 8.42 Å². The maximum absolute atomic E-state index is 12.4. The van der Waals surface area contributed by atoms with Gasteiger partial charge in [0.2, 0.25) is 0 Å². The molecule has 1 fully saturated rings. The van der Waals surface area contributed by atoms with Crippen molar-refractivity contribution < 1.29 is 18.6 Å². The van der Waals surface area contributed by atoms with Gasteiger partial charge in [-0.15, -0.1) is 0 Å². The largest absolute Gasteiger partial charge is 0.508 e. The summed E-state index contributed by atoms with van der Waals surface area (Å²) in [6.07, 6.45) is 1.29. The normalized spacial score (nSPS) is 21.2. The summed E-state index contributed by atoms with van der Waals surface area (Å²) in [4.78, 5) is 2.04. The Bertz CT molecular complexity index is 821. The molecule has 0 spiro atoms. The molecule has 2 atom stereocenters. The van der Waals surface area contributed by atoms with Gasteiger partial charge in [0, 0.05) is 13.1 Å². The number of aliphatic hydroxyl groups is 1. The zero-order valence-corrected chi connectivity index (χ0v) is 16.2. The van der Waals surface area contributed by atoms with Crippen LogP contribution in [0.5, 0.6) is 5.75 Å². The molecule has 3 rings (SSSR count). The molecular formula is C21H27NO4S. The van der Waals surface area contributed by atoms with Crippen LogP contribution in [0, 0.1) is 5.92 Å². The molecule has 0 saturated carbocycles. The van der Waals surface area contributed by atoms with Gasteiger partial charge in [-0.2, -0.15) is 0 Å². The number of hydrogen-bond donors (Lipinski definition) is 2.